The van der Waals surface area contributed by atoms with Crippen LogP contribution in [0.1, 0.15) is 25.3 Å². The molecular weight excluding hydrogens is 233 g/mol. The van der Waals surface area contributed by atoms with Crippen LogP contribution in [0.4, 0.5) is 4.39 Å². The molecule has 0 aliphatic heterocycles. The van der Waals surface area contributed by atoms with Gasteiger partial charge < -0.3 is 4.74 Å². The lowest BCUT2D eigenvalue weighted by Gasteiger charge is -2.28. The third-order valence-electron chi connectivity index (χ3n) is 3.44. The monoisotopic (exact) mass is 251 g/mol. The minimum absolute atomic E-state index is 0.351. The van der Waals surface area contributed by atoms with E-state index in [0.29, 0.717) is 11.5 Å². The second-order valence-corrected chi connectivity index (χ2v) is 4.95. The highest BCUT2D eigenvalue weighted by Crippen LogP contribution is 2.30. The molecule has 0 radical (unpaired) electrons. The first-order valence-electron chi connectivity index (χ1n) is 6.16. The van der Waals surface area contributed by atoms with E-state index in [2.05, 4.69) is 5.32 Å². The summed E-state index contributed by atoms with van der Waals surface area (Å²) in [5.41, 5.74) is -0.394. The molecule has 0 spiro atoms. The third-order valence-corrected chi connectivity index (χ3v) is 3.44. The predicted octanol–water partition coefficient (Wildman–Crippen LogP) is 2.21. The molecule has 0 heterocycles. The Bertz CT molecular complexity index is 445. The topological polar surface area (TPSA) is 38.3 Å². The smallest absolute Gasteiger partial charge is 0.330 e. The van der Waals surface area contributed by atoms with Gasteiger partial charge in [0.25, 0.3) is 0 Å². The number of carbonyl (C=O) groups excluding carboxylic acids is 1. The van der Waals surface area contributed by atoms with Gasteiger partial charge in [0.1, 0.15) is 11.4 Å². The van der Waals surface area contributed by atoms with Gasteiger partial charge in [0, 0.05) is 0 Å². The first-order valence-corrected chi connectivity index (χ1v) is 6.16. The van der Waals surface area contributed by atoms with Crippen LogP contribution in [0.25, 0.3) is 0 Å². The maximum Gasteiger partial charge on any atom is 0.330 e. The summed E-state index contributed by atoms with van der Waals surface area (Å²) in [6.45, 7) is 2.48. The maximum atomic E-state index is 13.3. The summed E-state index contributed by atoms with van der Waals surface area (Å²) in [5, 5.41) is 3.21. The lowest BCUT2D eigenvalue weighted by atomic mass is 9.91. The van der Waals surface area contributed by atoms with Crippen LogP contribution in [-0.4, -0.2) is 19.6 Å². The molecule has 1 aromatic rings. The van der Waals surface area contributed by atoms with Gasteiger partial charge in [0.15, 0.2) is 0 Å². The number of rotatable bonds is 5. The van der Waals surface area contributed by atoms with Crippen LogP contribution in [0.3, 0.4) is 0 Å². The summed E-state index contributed by atoms with van der Waals surface area (Å²) >= 11 is 0. The van der Waals surface area contributed by atoms with E-state index >= 15 is 0 Å². The zero-order valence-corrected chi connectivity index (χ0v) is 10.7. The van der Waals surface area contributed by atoms with E-state index < -0.39 is 11.5 Å². The van der Waals surface area contributed by atoms with Gasteiger partial charge in [0.2, 0.25) is 0 Å². The average Bonchev–Trinajstić information content (AvgIpc) is 3.19. The molecule has 1 unspecified atom stereocenters. The van der Waals surface area contributed by atoms with Crippen molar-refractivity contribution in [2.24, 2.45) is 5.92 Å². The van der Waals surface area contributed by atoms with Crippen LogP contribution in [0.15, 0.2) is 24.3 Å². The molecule has 1 aliphatic rings. The zero-order chi connectivity index (χ0) is 13.2. The molecule has 1 saturated carbocycles. The number of esters is 1. The summed E-state index contributed by atoms with van der Waals surface area (Å²) in [7, 11) is 1.35. The summed E-state index contributed by atoms with van der Waals surface area (Å²) in [6, 6.07) is 6.07. The van der Waals surface area contributed by atoms with Crippen molar-refractivity contribution in [3.63, 3.8) is 0 Å². The SMILES string of the molecule is COC(=O)C(C)(NCC1CC1)c1cccc(F)c1. The zero-order valence-electron chi connectivity index (χ0n) is 10.7. The lowest BCUT2D eigenvalue weighted by molar-refractivity contribution is -0.148. The van der Waals surface area contributed by atoms with Crippen molar-refractivity contribution in [3.8, 4) is 0 Å². The molecule has 0 aromatic heterocycles. The van der Waals surface area contributed by atoms with E-state index in [1.165, 1.54) is 32.1 Å². The summed E-state index contributed by atoms with van der Waals surface area (Å²) in [4.78, 5) is 12.0. The molecule has 0 saturated heterocycles. The maximum absolute atomic E-state index is 13.3. The highest BCUT2D eigenvalue weighted by molar-refractivity contribution is 5.82. The molecule has 1 fully saturated rings. The Morgan fingerprint density at radius 2 is 2.28 bits per heavy atom. The Labute approximate surface area is 106 Å². The van der Waals surface area contributed by atoms with Crippen molar-refractivity contribution in [2.45, 2.75) is 25.3 Å². The number of carbonyl (C=O) groups is 1. The van der Waals surface area contributed by atoms with Crippen molar-refractivity contribution >= 4 is 5.97 Å². The molecular formula is C14H18FNO2. The van der Waals surface area contributed by atoms with Crippen LogP contribution >= 0.6 is 0 Å². The largest absolute Gasteiger partial charge is 0.467 e. The number of hydrogen-bond acceptors (Lipinski definition) is 3. The number of hydrogen-bond donors (Lipinski definition) is 1. The van der Waals surface area contributed by atoms with Gasteiger partial charge in [-0.15, -0.1) is 0 Å². The Kier molecular flexibility index (Phi) is 3.66. The first-order chi connectivity index (χ1) is 8.56. The Morgan fingerprint density at radius 3 is 2.83 bits per heavy atom. The standard InChI is InChI=1S/C14H18FNO2/c1-14(13(17)18-2,16-9-10-6-7-10)11-4-3-5-12(15)8-11/h3-5,8,10,16H,6-7,9H2,1-2H3. The number of methoxy groups -OCH3 is 1. The average molecular weight is 251 g/mol. The minimum Gasteiger partial charge on any atom is -0.467 e. The summed E-state index contributed by atoms with van der Waals surface area (Å²) in [5.74, 6) is -0.118. The van der Waals surface area contributed by atoms with Crippen molar-refractivity contribution in [3.05, 3.63) is 35.6 Å². The van der Waals surface area contributed by atoms with Crippen LogP contribution in [0.2, 0.25) is 0 Å². The molecule has 0 amide bonds. The van der Waals surface area contributed by atoms with E-state index in [1.807, 2.05) is 0 Å². The van der Waals surface area contributed by atoms with Crippen molar-refractivity contribution in [1.29, 1.82) is 0 Å². The fourth-order valence-electron chi connectivity index (χ4n) is 1.97. The van der Waals surface area contributed by atoms with E-state index in [9.17, 15) is 9.18 Å². The molecule has 4 heteroatoms. The second-order valence-electron chi connectivity index (χ2n) is 4.95. The summed E-state index contributed by atoms with van der Waals surface area (Å²) in [6.07, 6.45) is 2.38. The first kappa shape index (κ1) is 13.0. The van der Waals surface area contributed by atoms with Gasteiger partial charge in [-0.2, -0.15) is 0 Å². The molecule has 2 rings (SSSR count). The second kappa shape index (κ2) is 5.06. The minimum atomic E-state index is -0.987. The Morgan fingerprint density at radius 1 is 1.56 bits per heavy atom. The molecule has 1 atom stereocenters. The quantitative estimate of drug-likeness (QED) is 0.815. The van der Waals surface area contributed by atoms with Gasteiger partial charge in [-0.3, -0.25) is 5.32 Å². The molecule has 18 heavy (non-hydrogen) atoms. The van der Waals surface area contributed by atoms with Crippen molar-refractivity contribution < 1.29 is 13.9 Å². The van der Waals surface area contributed by atoms with Crippen LogP contribution in [-0.2, 0) is 15.1 Å². The van der Waals surface area contributed by atoms with Crippen LogP contribution in [0, 0.1) is 11.7 Å². The van der Waals surface area contributed by atoms with E-state index in [4.69, 9.17) is 4.74 Å². The number of ether oxygens (including phenoxy) is 1. The van der Waals surface area contributed by atoms with Gasteiger partial charge >= 0.3 is 5.97 Å². The van der Waals surface area contributed by atoms with Crippen LogP contribution < -0.4 is 5.32 Å². The molecule has 98 valence electrons. The lowest BCUT2D eigenvalue weighted by Crippen LogP contribution is -2.48. The number of benzene rings is 1. The van der Waals surface area contributed by atoms with E-state index in [-0.39, 0.29) is 5.82 Å². The molecule has 0 bridgehead atoms. The van der Waals surface area contributed by atoms with Crippen LogP contribution in [0.5, 0.6) is 0 Å². The number of nitrogens with one attached hydrogen (secondary N) is 1. The van der Waals surface area contributed by atoms with Gasteiger partial charge in [0.05, 0.1) is 7.11 Å². The Hall–Kier alpha value is -1.42. The van der Waals surface area contributed by atoms with E-state index in [0.717, 1.165) is 6.54 Å². The molecule has 1 aromatic carbocycles. The normalized spacial score (nSPS) is 18.2. The highest BCUT2D eigenvalue weighted by atomic mass is 19.1. The molecule has 1 aliphatic carbocycles. The van der Waals surface area contributed by atoms with E-state index in [1.54, 1.807) is 19.1 Å². The highest BCUT2D eigenvalue weighted by Gasteiger charge is 2.37. The van der Waals surface area contributed by atoms with Gasteiger partial charge in [-0.25, -0.2) is 9.18 Å². The Balaban J connectivity index is 2.24. The summed E-state index contributed by atoms with van der Waals surface area (Å²) < 4.78 is 18.1. The van der Waals surface area contributed by atoms with Crippen molar-refractivity contribution in [1.82, 2.24) is 5.32 Å². The van der Waals surface area contributed by atoms with Crippen molar-refractivity contribution in [2.75, 3.05) is 13.7 Å². The van der Waals surface area contributed by atoms with Gasteiger partial charge in [-0.1, -0.05) is 12.1 Å². The third kappa shape index (κ3) is 2.70. The van der Waals surface area contributed by atoms with Gasteiger partial charge in [-0.05, 0) is 49.9 Å². The predicted molar refractivity (Wildman–Crippen MR) is 66.5 cm³/mol. The molecule has 3 nitrogen and oxygen atoms in total. The molecule has 1 N–H and O–H groups in total. The fourth-order valence-corrected chi connectivity index (χ4v) is 1.97. The fraction of sp³-hybridized carbons (Fsp3) is 0.500. The number of halogens is 1.